The number of esters is 1. The van der Waals surface area contributed by atoms with E-state index in [0.29, 0.717) is 12.8 Å². The van der Waals surface area contributed by atoms with Crippen LogP contribution in [0.15, 0.2) is 36.5 Å². The molecule has 0 saturated carbocycles. The summed E-state index contributed by atoms with van der Waals surface area (Å²) in [5.41, 5.74) is 1.30. The normalized spacial score (nSPS) is 10.2. The summed E-state index contributed by atoms with van der Waals surface area (Å²) in [5.74, 6) is -0.873. The predicted octanol–water partition coefficient (Wildman–Crippen LogP) is 2.27. The van der Waals surface area contributed by atoms with Gasteiger partial charge in [0.05, 0.1) is 18.4 Å². The van der Waals surface area contributed by atoms with Crippen LogP contribution in [-0.4, -0.2) is 23.9 Å². The highest BCUT2D eigenvalue weighted by atomic mass is 19.1. The van der Waals surface area contributed by atoms with E-state index in [1.54, 1.807) is 22.9 Å². The lowest BCUT2D eigenvalue weighted by Gasteiger charge is -2.06. The predicted molar refractivity (Wildman–Crippen MR) is 66.7 cm³/mol. The van der Waals surface area contributed by atoms with E-state index in [9.17, 15) is 14.0 Å². The summed E-state index contributed by atoms with van der Waals surface area (Å²) in [6, 6.07) is 7.48. The fraction of sp³-hybridized carbons (Fsp3) is 0.143. The van der Waals surface area contributed by atoms with Crippen molar-refractivity contribution in [3.63, 3.8) is 0 Å². The van der Waals surface area contributed by atoms with Crippen LogP contribution in [0.1, 0.15) is 26.4 Å². The van der Waals surface area contributed by atoms with Gasteiger partial charge in [-0.2, -0.15) is 0 Å². The molecule has 0 aliphatic carbocycles. The zero-order valence-electron chi connectivity index (χ0n) is 10.3. The first-order valence-electron chi connectivity index (χ1n) is 5.62. The number of aldehydes is 1. The molecule has 0 unspecified atom stereocenters. The van der Waals surface area contributed by atoms with Crippen molar-refractivity contribution in [1.29, 1.82) is 0 Å². The first-order valence-corrected chi connectivity index (χ1v) is 5.62. The number of nitrogens with zero attached hydrogens (tertiary/aromatic N) is 1. The van der Waals surface area contributed by atoms with E-state index in [-0.39, 0.29) is 17.1 Å². The van der Waals surface area contributed by atoms with Crippen molar-refractivity contribution < 1.29 is 18.7 Å². The molecule has 1 heterocycles. The van der Waals surface area contributed by atoms with Crippen LogP contribution in [0.25, 0.3) is 0 Å². The zero-order chi connectivity index (χ0) is 13.8. The lowest BCUT2D eigenvalue weighted by molar-refractivity contribution is 0.0598. The Labute approximate surface area is 109 Å². The number of hydrogen-bond donors (Lipinski definition) is 0. The van der Waals surface area contributed by atoms with Crippen LogP contribution in [-0.2, 0) is 11.3 Å². The van der Waals surface area contributed by atoms with E-state index in [0.717, 1.165) is 5.56 Å². The molecule has 0 atom stereocenters. The van der Waals surface area contributed by atoms with Gasteiger partial charge in [0.25, 0.3) is 0 Å². The van der Waals surface area contributed by atoms with E-state index in [1.807, 2.05) is 0 Å². The van der Waals surface area contributed by atoms with Gasteiger partial charge in [0.2, 0.25) is 0 Å². The molecule has 0 bridgehead atoms. The zero-order valence-corrected chi connectivity index (χ0v) is 10.3. The smallest absolute Gasteiger partial charge is 0.340 e. The molecule has 5 heteroatoms. The highest BCUT2D eigenvalue weighted by molar-refractivity contribution is 5.97. The molecule has 2 aromatic rings. The van der Waals surface area contributed by atoms with Crippen LogP contribution in [0.5, 0.6) is 0 Å². The maximum Gasteiger partial charge on any atom is 0.340 e. The summed E-state index contributed by atoms with van der Waals surface area (Å²) < 4.78 is 19.0. The molecule has 0 spiro atoms. The monoisotopic (exact) mass is 261 g/mol. The molecule has 0 aliphatic heterocycles. The molecule has 1 aromatic carbocycles. The lowest BCUT2D eigenvalue weighted by Crippen LogP contribution is -2.08. The maximum absolute atomic E-state index is 12.8. The van der Waals surface area contributed by atoms with Crippen molar-refractivity contribution in [2.75, 3.05) is 7.11 Å². The maximum atomic E-state index is 12.8. The number of carbonyl (C=O) groups is 2. The van der Waals surface area contributed by atoms with Crippen molar-refractivity contribution in [3.8, 4) is 0 Å². The lowest BCUT2D eigenvalue weighted by atomic mass is 10.2. The van der Waals surface area contributed by atoms with Gasteiger partial charge in [-0.25, -0.2) is 9.18 Å². The van der Waals surface area contributed by atoms with Gasteiger partial charge in [-0.3, -0.25) is 4.79 Å². The standard InChI is InChI=1S/C14H12FNO3/c1-19-14(18)12-6-7-16(13(12)9-17)8-10-2-4-11(15)5-3-10/h2-7,9H,8H2,1H3. The van der Waals surface area contributed by atoms with Crippen LogP contribution in [0.4, 0.5) is 4.39 Å². The highest BCUT2D eigenvalue weighted by Crippen LogP contribution is 2.13. The van der Waals surface area contributed by atoms with Gasteiger partial charge in [0.1, 0.15) is 5.82 Å². The average Bonchev–Trinajstić information content (AvgIpc) is 2.83. The van der Waals surface area contributed by atoms with Gasteiger partial charge in [-0.05, 0) is 23.8 Å². The molecular weight excluding hydrogens is 249 g/mol. The van der Waals surface area contributed by atoms with Crippen molar-refractivity contribution in [2.24, 2.45) is 0 Å². The topological polar surface area (TPSA) is 48.3 Å². The number of aromatic nitrogens is 1. The largest absolute Gasteiger partial charge is 0.465 e. The highest BCUT2D eigenvalue weighted by Gasteiger charge is 2.15. The Hall–Kier alpha value is -2.43. The second-order valence-corrected chi connectivity index (χ2v) is 3.98. The third-order valence-corrected chi connectivity index (χ3v) is 2.79. The van der Waals surface area contributed by atoms with Crippen LogP contribution < -0.4 is 0 Å². The summed E-state index contributed by atoms with van der Waals surface area (Å²) in [5, 5.41) is 0. The Morgan fingerprint density at radius 1 is 1.32 bits per heavy atom. The molecule has 0 N–H and O–H groups in total. The van der Waals surface area contributed by atoms with Gasteiger partial charge in [0.15, 0.2) is 6.29 Å². The number of carbonyl (C=O) groups excluding carboxylic acids is 2. The third-order valence-electron chi connectivity index (χ3n) is 2.79. The van der Waals surface area contributed by atoms with E-state index in [2.05, 4.69) is 4.74 Å². The van der Waals surface area contributed by atoms with Gasteiger partial charge in [0, 0.05) is 12.7 Å². The minimum Gasteiger partial charge on any atom is -0.465 e. The molecule has 0 saturated heterocycles. The number of methoxy groups -OCH3 is 1. The summed E-state index contributed by atoms with van der Waals surface area (Å²) >= 11 is 0. The number of benzene rings is 1. The molecule has 19 heavy (non-hydrogen) atoms. The molecule has 0 radical (unpaired) electrons. The Bertz CT molecular complexity index is 602. The summed E-state index contributed by atoms with van der Waals surface area (Å²) in [6.07, 6.45) is 2.23. The molecule has 1 aromatic heterocycles. The van der Waals surface area contributed by atoms with Gasteiger partial charge >= 0.3 is 5.97 Å². The van der Waals surface area contributed by atoms with E-state index < -0.39 is 5.97 Å². The fourth-order valence-electron chi connectivity index (χ4n) is 1.82. The van der Waals surface area contributed by atoms with Crippen molar-refractivity contribution >= 4 is 12.3 Å². The van der Waals surface area contributed by atoms with Crippen LogP contribution in [0.2, 0.25) is 0 Å². The van der Waals surface area contributed by atoms with Crippen LogP contribution in [0, 0.1) is 5.82 Å². The third kappa shape index (κ3) is 2.70. The van der Waals surface area contributed by atoms with Crippen molar-refractivity contribution in [1.82, 2.24) is 4.57 Å². The van der Waals surface area contributed by atoms with Crippen molar-refractivity contribution in [2.45, 2.75) is 6.54 Å². The van der Waals surface area contributed by atoms with Crippen LogP contribution in [0.3, 0.4) is 0 Å². The molecule has 0 aliphatic rings. The Morgan fingerprint density at radius 3 is 2.58 bits per heavy atom. The molecular formula is C14H12FNO3. The minimum atomic E-state index is -0.556. The summed E-state index contributed by atoms with van der Waals surface area (Å²) in [7, 11) is 1.26. The van der Waals surface area contributed by atoms with Gasteiger partial charge < -0.3 is 9.30 Å². The first-order chi connectivity index (χ1) is 9.15. The van der Waals surface area contributed by atoms with Crippen molar-refractivity contribution in [3.05, 3.63) is 59.2 Å². The number of rotatable bonds is 4. The minimum absolute atomic E-state index is 0.222. The van der Waals surface area contributed by atoms with E-state index in [1.165, 1.54) is 25.3 Å². The summed E-state index contributed by atoms with van der Waals surface area (Å²) in [6.45, 7) is 0.380. The molecule has 4 nitrogen and oxygen atoms in total. The quantitative estimate of drug-likeness (QED) is 0.626. The Kier molecular flexibility index (Phi) is 3.75. The molecule has 0 amide bonds. The Morgan fingerprint density at radius 2 is 2.00 bits per heavy atom. The van der Waals surface area contributed by atoms with Gasteiger partial charge in [-0.15, -0.1) is 0 Å². The molecule has 0 fully saturated rings. The number of ether oxygens (including phenoxy) is 1. The van der Waals surface area contributed by atoms with E-state index >= 15 is 0 Å². The average molecular weight is 261 g/mol. The second-order valence-electron chi connectivity index (χ2n) is 3.98. The Balaban J connectivity index is 2.30. The molecule has 2 rings (SSSR count). The van der Waals surface area contributed by atoms with Gasteiger partial charge in [-0.1, -0.05) is 12.1 Å². The summed E-state index contributed by atoms with van der Waals surface area (Å²) in [4.78, 5) is 22.5. The SMILES string of the molecule is COC(=O)c1ccn(Cc2ccc(F)cc2)c1C=O. The fourth-order valence-corrected chi connectivity index (χ4v) is 1.82. The molecule has 98 valence electrons. The van der Waals surface area contributed by atoms with E-state index in [4.69, 9.17) is 0 Å². The first kappa shape index (κ1) is 13.0. The number of halogens is 1. The number of hydrogen-bond acceptors (Lipinski definition) is 3. The van der Waals surface area contributed by atoms with Crippen LogP contribution >= 0.6 is 0 Å². The second kappa shape index (κ2) is 5.48.